The lowest BCUT2D eigenvalue weighted by atomic mass is 9.46. The highest BCUT2D eigenvalue weighted by Crippen LogP contribution is 2.57. The molecule has 5 heteroatoms. The largest absolute Gasteiger partial charge is 0.388 e. The van der Waals surface area contributed by atoms with E-state index in [0.717, 1.165) is 19.4 Å². The Hall–Kier alpha value is -0.650. The van der Waals surface area contributed by atoms with Gasteiger partial charge in [-0.3, -0.25) is 4.79 Å². The van der Waals surface area contributed by atoms with E-state index in [9.17, 15) is 9.90 Å². The van der Waals surface area contributed by atoms with Gasteiger partial charge in [-0.25, -0.2) is 0 Å². The highest BCUT2D eigenvalue weighted by atomic mass is 16.5. The molecular weight excluding hydrogens is 268 g/mol. The SMILES string of the molecule is CCC(O)(CC)CNC(=O)C1(N)C2CCCOC2C1(C)C. The van der Waals surface area contributed by atoms with E-state index < -0.39 is 11.1 Å². The van der Waals surface area contributed by atoms with Crippen LogP contribution in [0.25, 0.3) is 0 Å². The van der Waals surface area contributed by atoms with Gasteiger partial charge in [0.1, 0.15) is 5.54 Å². The fourth-order valence-corrected chi connectivity index (χ4v) is 3.93. The zero-order valence-corrected chi connectivity index (χ0v) is 13.7. The molecule has 0 radical (unpaired) electrons. The number of nitrogens with one attached hydrogen (secondary N) is 1. The number of fused-ring (bicyclic) bond motifs is 1. The van der Waals surface area contributed by atoms with Gasteiger partial charge in [0, 0.05) is 24.5 Å². The number of carbonyl (C=O) groups excluding carboxylic acids is 1. The predicted octanol–water partition coefficient (Wildman–Crippen LogP) is 1.19. The van der Waals surface area contributed by atoms with Crippen molar-refractivity contribution in [1.82, 2.24) is 5.32 Å². The third-order valence-corrected chi connectivity index (χ3v) is 5.95. The van der Waals surface area contributed by atoms with Gasteiger partial charge >= 0.3 is 0 Å². The first kappa shape index (κ1) is 16.7. The van der Waals surface area contributed by atoms with Crippen LogP contribution in [0, 0.1) is 11.3 Å². The van der Waals surface area contributed by atoms with Crippen LogP contribution in [0.15, 0.2) is 0 Å². The molecule has 122 valence electrons. The Labute approximate surface area is 127 Å². The zero-order valence-electron chi connectivity index (χ0n) is 13.7. The van der Waals surface area contributed by atoms with Crippen molar-refractivity contribution in [3.8, 4) is 0 Å². The first-order valence-corrected chi connectivity index (χ1v) is 8.14. The third kappa shape index (κ3) is 2.39. The van der Waals surface area contributed by atoms with Crippen LogP contribution in [0.4, 0.5) is 0 Å². The second kappa shape index (κ2) is 5.52. The van der Waals surface area contributed by atoms with E-state index in [1.54, 1.807) is 0 Å². The fourth-order valence-electron chi connectivity index (χ4n) is 3.93. The molecule has 1 aliphatic carbocycles. The molecule has 4 N–H and O–H groups in total. The van der Waals surface area contributed by atoms with Crippen molar-refractivity contribution in [3.63, 3.8) is 0 Å². The highest BCUT2D eigenvalue weighted by Gasteiger charge is 2.70. The third-order valence-electron chi connectivity index (χ3n) is 5.95. The van der Waals surface area contributed by atoms with Gasteiger partial charge in [-0.05, 0) is 25.7 Å². The van der Waals surface area contributed by atoms with Crippen LogP contribution in [0.1, 0.15) is 53.4 Å². The molecule has 1 saturated heterocycles. The molecule has 3 unspecified atom stereocenters. The van der Waals surface area contributed by atoms with E-state index in [-0.39, 0.29) is 29.9 Å². The van der Waals surface area contributed by atoms with E-state index in [2.05, 4.69) is 5.32 Å². The van der Waals surface area contributed by atoms with Crippen molar-refractivity contribution in [2.24, 2.45) is 17.1 Å². The summed E-state index contributed by atoms with van der Waals surface area (Å²) in [5.41, 5.74) is 4.39. The molecule has 0 aromatic carbocycles. The second-order valence-electron chi connectivity index (χ2n) is 7.24. The standard InChI is InChI=1S/C16H30N2O3/c1-5-15(20,6-2)10-18-13(19)16(17)11-8-7-9-21-12(11)14(16,3)4/h11-12,20H,5-10,17H2,1-4H3,(H,18,19). The van der Waals surface area contributed by atoms with E-state index >= 15 is 0 Å². The topological polar surface area (TPSA) is 84.6 Å². The quantitative estimate of drug-likeness (QED) is 0.712. The van der Waals surface area contributed by atoms with Gasteiger partial charge in [0.2, 0.25) is 5.91 Å². The fraction of sp³-hybridized carbons (Fsp3) is 0.938. The number of hydrogen-bond donors (Lipinski definition) is 3. The molecule has 0 aromatic heterocycles. The van der Waals surface area contributed by atoms with Gasteiger partial charge in [0.05, 0.1) is 11.7 Å². The molecule has 21 heavy (non-hydrogen) atoms. The first-order valence-electron chi connectivity index (χ1n) is 8.14. The lowest BCUT2D eigenvalue weighted by molar-refractivity contribution is -0.225. The van der Waals surface area contributed by atoms with Gasteiger partial charge in [-0.2, -0.15) is 0 Å². The summed E-state index contributed by atoms with van der Waals surface area (Å²) in [5, 5.41) is 13.2. The molecule has 0 aromatic rings. The first-order chi connectivity index (χ1) is 9.73. The molecule has 2 aliphatic rings. The molecule has 0 spiro atoms. The minimum atomic E-state index is -0.902. The van der Waals surface area contributed by atoms with Crippen molar-refractivity contribution in [2.75, 3.05) is 13.2 Å². The Morgan fingerprint density at radius 1 is 1.43 bits per heavy atom. The monoisotopic (exact) mass is 298 g/mol. The second-order valence-corrected chi connectivity index (χ2v) is 7.24. The molecule has 1 amide bonds. The smallest absolute Gasteiger partial charge is 0.241 e. The minimum Gasteiger partial charge on any atom is -0.388 e. The Balaban J connectivity index is 2.07. The molecule has 2 rings (SSSR count). The number of ether oxygens (including phenoxy) is 1. The summed E-state index contributed by atoms with van der Waals surface area (Å²) in [6, 6.07) is 0. The maximum atomic E-state index is 12.7. The maximum Gasteiger partial charge on any atom is 0.241 e. The average Bonchev–Trinajstić information content (AvgIpc) is 2.51. The highest BCUT2D eigenvalue weighted by molar-refractivity contribution is 5.89. The molecule has 1 aliphatic heterocycles. The van der Waals surface area contributed by atoms with E-state index in [1.807, 2.05) is 27.7 Å². The van der Waals surface area contributed by atoms with E-state index in [4.69, 9.17) is 10.5 Å². The van der Waals surface area contributed by atoms with Crippen LogP contribution in [-0.4, -0.2) is 41.4 Å². The average molecular weight is 298 g/mol. The number of carbonyl (C=O) groups is 1. The number of rotatable bonds is 5. The lowest BCUT2D eigenvalue weighted by Crippen LogP contribution is -2.82. The number of amides is 1. The van der Waals surface area contributed by atoms with Gasteiger partial charge in [0.15, 0.2) is 0 Å². The Morgan fingerprint density at radius 3 is 2.62 bits per heavy atom. The van der Waals surface area contributed by atoms with Crippen LogP contribution in [0.3, 0.4) is 0 Å². The number of hydrogen-bond acceptors (Lipinski definition) is 4. The zero-order chi connectivity index (χ0) is 15.9. The molecule has 1 heterocycles. The molecule has 3 atom stereocenters. The minimum absolute atomic E-state index is 0.0678. The summed E-state index contributed by atoms with van der Waals surface area (Å²) in [6.45, 7) is 8.87. The molecular formula is C16H30N2O3. The van der Waals surface area contributed by atoms with Crippen molar-refractivity contribution in [2.45, 2.75) is 70.6 Å². The summed E-state index contributed by atoms with van der Waals surface area (Å²) in [7, 11) is 0. The Kier molecular flexibility index (Phi) is 4.40. The number of aliphatic hydroxyl groups is 1. The summed E-state index contributed by atoms with van der Waals surface area (Å²) in [6.07, 6.45) is 3.18. The van der Waals surface area contributed by atoms with Crippen LogP contribution in [0.5, 0.6) is 0 Å². The van der Waals surface area contributed by atoms with Gasteiger partial charge in [0.25, 0.3) is 0 Å². The number of nitrogens with two attached hydrogens (primary N) is 1. The summed E-state index contributed by atoms with van der Waals surface area (Å²) >= 11 is 0. The van der Waals surface area contributed by atoms with E-state index in [0.29, 0.717) is 12.8 Å². The molecule has 2 fully saturated rings. The van der Waals surface area contributed by atoms with E-state index in [1.165, 1.54) is 0 Å². The van der Waals surface area contributed by atoms with Crippen LogP contribution in [-0.2, 0) is 9.53 Å². The maximum absolute atomic E-state index is 12.7. The van der Waals surface area contributed by atoms with Crippen LogP contribution in [0.2, 0.25) is 0 Å². The molecule has 0 bridgehead atoms. The molecule has 1 saturated carbocycles. The lowest BCUT2D eigenvalue weighted by Gasteiger charge is -2.65. The summed E-state index contributed by atoms with van der Waals surface area (Å²) < 4.78 is 5.82. The Morgan fingerprint density at radius 2 is 2.05 bits per heavy atom. The Bertz CT molecular complexity index is 406. The van der Waals surface area contributed by atoms with Crippen molar-refractivity contribution >= 4 is 5.91 Å². The van der Waals surface area contributed by atoms with Crippen LogP contribution >= 0.6 is 0 Å². The predicted molar refractivity (Wildman–Crippen MR) is 81.7 cm³/mol. The van der Waals surface area contributed by atoms with Crippen LogP contribution < -0.4 is 11.1 Å². The van der Waals surface area contributed by atoms with Gasteiger partial charge in [-0.15, -0.1) is 0 Å². The molecule has 5 nitrogen and oxygen atoms in total. The van der Waals surface area contributed by atoms with Crippen molar-refractivity contribution in [1.29, 1.82) is 0 Å². The normalized spacial score (nSPS) is 34.8. The summed E-state index contributed by atoms with van der Waals surface area (Å²) in [5.74, 6) is -0.0721. The van der Waals surface area contributed by atoms with Crippen molar-refractivity contribution < 1.29 is 14.6 Å². The van der Waals surface area contributed by atoms with Crippen molar-refractivity contribution in [3.05, 3.63) is 0 Å². The van der Waals surface area contributed by atoms with Gasteiger partial charge < -0.3 is 20.9 Å². The van der Waals surface area contributed by atoms with Gasteiger partial charge in [-0.1, -0.05) is 27.7 Å². The summed E-state index contributed by atoms with van der Waals surface area (Å²) in [4.78, 5) is 12.7.